The van der Waals surface area contributed by atoms with Crippen LogP contribution in [0.2, 0.25) is 0 Å². The molecule has 1 aliphatic heterocycles. The van der Waals surface area contributed by atoms with Crippen LogP contribution in [-0.4, -0.2) is 25.5 Å². The fraction of sp³-hybridized carbons (Fsp3) is 0.364. The highest BCUT2D eigenvalue weighted by molar-refractivity contribution is 5.99. The first-order chi connectivity index (χ1) is 7.33. The zero-order chi connectivity index (χ0) is 10.7. The zero-order valence-electron chi connectivity index (χ0n) is 8.36. The first-order valence-electron chi connectivity index (χ1n) is 4.95. The van der Waals surface area contributed by atoms with Crippen molar-refractivity contribution in [2.75, 3.05) is 19.8 Å². The topological polar surface area (TPSA) is 61.6 Å². The van der Waals surface area contributed by atoms with Gasteiger partial charge in [-0.15, -0.1) is 0 Å². The number of Topliss-reactive ketones (excluding diaryl/α,β-unsaturated/α-hetero) is 1. The summed E-state index contributed by atoms with van der Waals surface area (Å²) in [4.78, 5) is 11.7. The van der Waals surface area contributed by atoms with Gasteiger partial charge in [0.15, 0.2) is 17.3 Å². The van der Waals surface area contributed by atoms with E-state index in [1.54, 1.807) is 18.2 Å². The first-order valence-corrected chi connectivity index (χ1v) is 4.95. The Hall–Kier alpha value is -1.55. The molecule has 0 radical (unpaired) electrons. The number of carbonyl (C=O) groups excluding carboxylic acids is 1. The van der Waals surface area contributed by atoms with Crippen LogP contribution >= 0.6 is 0 Å². The molecule has 2 N–H and O–H groups in total. The predicted octanol–water partition coefficient (Wildman–Crippen LogP) is 0.989. The van der Waals surface area contributed by atoms with Crippen LogP contribution in [-0.2, 0) is 0 Å². The van der Waals surface area contributed by atoms with E-state index in [1.165, 1.54) is 0 Å². The smallest absolute Gasteiger partial charge is 0.172 e. The lowest BCUT2D eigenvalue weighted by molar-refractivity contribution is 0.0974. The molecule has 0 amide bonds. The number of ketones is 1. The Morgan fingerprint density at radius 3 is 2.93 bits per heavy atom. The number of fused-ring (bicyclic) bond motifs is 1. The summed E-state index contributed by atoms with van der Waals surface area (Å²) in [6.07, 6.45) is 0.333. The SMILES string of the molecule is NCCC(=O)c1cccc2c1OCCO2. The van der Waals surface area contributed by atoms with Crippen molar-refractivity contribution in [3.05, 3.63) is 23.8 Å². The van der Waals surface area contributed by atoms with Crippen LogP contribution in [0.25, 0.3) is 0 Å². The van der Waals surface area contributed by atoms with Crippen molar-refractivity contribution >= 4 is 5.78 Å². The lowest BCUT2D eigenvalue weighted by Gasteiger charge is -2.20. The number of para-hydroxylation sites is 1. The number of benzene rings is 1. The summed E-state index contributed by atoms with van der Waals surface area (Å²) in [6.45, 7) is 1.37. The monoisotopic (exact) mass is 207 g/mol. The second kappa shape index (κ2) is 4.31. The Morgan fingerprint density at radius 2 is 2.13 bits per heavy atom. The zero-order valence-corrected chi connectivity index (χ0v) is 8.36. The second-order valence-electron chi connectivity index (χ2n) is 3.29. The van der Waals surface area contributed by atoms with Gasteiger partial charge in [0.2, 0.25) is 0 Å². The summed E-state index contributed by atoms with van der Waals surface area (Å²) in [6, 6.07) is 5.33. The van der Waals surface area contributed by atoms with Gasteiger partial charge in [0.1, 0.15) is 13.2 Å². The number of hydrogen-bond acceptors (Lipinski definition) is 4. The Morgan fingerprint density at radius 1 is 1.33 bits per heavy atom. The van der Waals surface area contributed by atoms with Gasteiger partial charge in [-0.3, -0.25) is 4.79 Å². The second-order valence-corrected chi connectivity index (χ2v) is 3.29. The predicted molar refractivity (Wildman–Crippen MR) is 55.4 cm³/mol. The van der Waals surface area contributed by atoms with Crippen molar-refractivity contribution in [3.8, 4) is 11.5 Å². The molecule has 0 saturated heterocycles. The molecule has 80 valence electrons. The normalized spacial score (nSPS) is 13.7. The minimum Gasteiger partial charge on any atom is -0.486 e. The average molecular weight is 207 g/mol. The van der Waals surface area contributed by atoms with E-state index in [4.69, 9.17) is 15.2 Å². The number of hydrogen-bond donors (Lipinski definition) is 1. The maximum Gasteiger partial charge on any atom is 0.172 e. The van der Waals surface area contributed by atoms with Gasteiger partial charge in [0, 0.05) is 6.42 Å². The van der Waals surface area contributed by atoms with E-state index >= 15 is 0 Å². The van der Waals surface area contributed by atoms with Crippen LogP contribution in [0.15, 0.2) is 18.2 Å². The van der Waals surface area contributed by atoms with E-state index < -0.39 is 0 Å². The lowest BCUT2D eigenvalue weighted by Crippen LogP contribution is -2.18. The van der Waals surface area contributed by atoms with Crippen LogP contribution in [0.3, 0.4) is 0 Å². The third-order valence-electron chi connectivity index (χ3n) is 2.24. The first kappa shape index (κ1) is 9.98. The molecule has 2 rings (SSSR count). The van der Waals surface area contributed by atoms with Crippen molar-refractivity contribution in [1.29, 1.82) is 0 Å². The molecular weight excluding hydrogens is 194 g/mol. The van der Waals surface area contributed by atoms with Gasteiger partial charge in [-0.05, 0) is 18.7 Å². The molecule has 1 heterocycles. The highest BCUT2D eigenvalue weighted by Gasteiger charge is 2.19. The molecule has 0 aliphatic carbocycles. The van der Waals surface area contributed by atoms with Gasteiger partial charge in [-0.25, -0.2) is 0 Å². The fourth-order valence-electron chi connectivity index (χ4n) is 1.56. The summed E-state index contributed by atoms with van der Waals surface area (Å²) in [5.74, 6) is 1.20. The summed E-state index contributed by atoms with van der Waals surface area (Å²) >= 11 is 0. The van der Waals surface area contributed by atoms with E-state index in [0.717, 1.165) is 0 Å². The van der Waals surface area contributed by atoms with E-state index in [1.807, 2.05) is 0 Å². The van der Waals surface area contributed by atoms with Crippen LogP contribution in [0.5, 0.6) is 11.5 Å². The third kappa shape index (κ3) is 1.94. The molecule has 0 spiro atoms. The highest BCUT2D eigenvalue weighted by atomic mass is 16.6. The molecule has 0 fully saturated rings. The minimum absolute atomic E-state index is 0.000139. The molecule has 4 heteroatoms. The van der Waals surface area contributed by atoms with Gasteiger partial charge < -0.3 is 15.2 Å². The Balaban J connectivity index is 2.34. The van der Waals surface area contributed by atoms with Crippen LogP contribution in [0.1, 0.15) is 16.8 Å². The standard InChI is InChI=1S/C11H13NO3/c12-5-4-9(13)8-2-1-3-10-11(8)15-7-6-14-10/h1-3H,4-7,12H2. The van der Waals surface area contributed by atoms with E-state index in [2.05, 4.69) is 0 Å². The highest BCUT2D eigenvalue weighted by Crippen LogP contribution is 2.34. The largest absolute Gasteiger partial charge is 0.486 e. The molecule has 1 aromatic carbocycles. The third-order valence-corrected chi connectivity index (χ3v) is 2.24. The molecule has 0 atom stereocenters. The molecular formula is C11H13NO3. The van der Waals surface area contributed by atoms with Gasteiger partial charge in [-0.1, -0.05) is 6.07 Å². The van der Waals surface area contributed by atoms with E-state index in [0.29, 0.717) is 43.2 Å². The quantitative estimate of drug-likeness (QED) is 0.751. The number of rotatable bonds is 3. The number of ether oxygens (including phenoxy) is 2. The van der Waals surface area contributed by atoms with Crippen LogP contribution in [0, 0.1) is 0 Å². The van der Waals surface area contributed by atoms with Gasteiger partial charge in [-0.2, -0.15) is 0 Å². The number of nitrogens with two attached hydrogens (primary N) is 1. The summed E-state index contributed by atoms with van der Waals surface area (Å²) in [7, 11) is 0. The van der Waals surface area contributed by atoms with Crippen molar-refractivity contribution in [1.82, 2.24) is 0 Å². The summed E-state index contributed by atoms with van der Waals surface area (Å²) in [5, 5.41) is 0. The van der Waals surface area contributed by atoms with Crippen molar-refractivity contribution in [3.63, 3.8) is 0 Å². The van der Waals surface area contributed by atoms with Gasteiger partial charge in [0.25, 0.3) is 0 Å². The molecule has 0 bridgehead atoms. The van der Waals surface area contributed by atoms with Gasteiger partial charge >= 0.3 is 0 Å². The van der Waals surface area contributed by atoms with E-state index in [-0.39, 0.29) is 5.78 Å². The summed E-state index contributed by atoms with van der Waals surface area (Å²) < 4.78 is 10.8. The van der Waals surface area contributed by atoms with Crippen LogP contribution in [0.4, 0.5) is 0 Å². The average Bonchev–Trinajstić information content (AvgIpc) is 2.28. The Labute approximate surface area is 88.0 Å². The maximum absolute atomic E-state index is 11.7. The molecule has 0 saturated carbocycles. The molecule has 0 aromatic heterocycles. The lowest BCUT2D eigenvalue weighted by atomic mass is 10.1. The summed E-state index contributed by atoms with van der Waals surface area (Å²) in [5.41, 5.74) is 5.92. The molecule has 1 aromatic rings. The fourth-order valence-corrected chi connectivity index (χ4v) is 1.56. The molecule has 15 heavy (non-hydrogen) atoms. The van der Waals surface area contributed by atoms with Crippen molar-refractivity contribution < 1.29 is 14.3 Å². The Kier molecular flexibility index (Phi) is 2.87. The molecule has 1 aliphatic rings. The maximum atomic E-state index is 11.7. The van der Waals surface area contributed by atoms with Crippen molar-refractivity contribution in [2.45, 2.75) is 6.42 Å². The molecule has 0 unspecified atom stereocenters. The minimum atomic E-state index is -0.000139. The Bertz CT molecular complexity index is 376. The molecule has 4 nitrogen and oxygen atoms in total. The van der Waals surface area contributed by atoms with E-state index in [9.17, 15) is 4.79 Å². The number of carbonyl (C=O) groups is 1. The van der Waals surface area contributed by atoms with Crippen molar-refractivity contribution in [2.24, 2.45) is 5.73 Å². The van der Waals surface area contributed by atoms with Crippen LogP contribution < -0.4 is 15.2 Å². The van der Waals surface area contributed by atoms with Gasteiger partial charge in [0.05, 0.1) is 5.56 Å².